The van der Waals surface area contributed by atoms with Crippen molar-refractivity contribution in [3.8, 4) is 11.4 Å². The molecule has 1 amide bonds. The molecule has 0 saturated carbocycles. The topological polar surface area (TPSA) is 100 Å². The lowest BCUT2D eigenvalue weighted by molar-refractivity contribution is 0.0701. The van der Waals surface area contributed by atoms with Gasteiger partial charge < -0.3 is 19.9 Å². The number of nitrogens with one attached hydrogen (secondary N) is 2. The number of aryl methyl sites for hydroxylation is 1. The number of hydrogen-bond donors (Lipinski definition) is 2. The molecule has 1 fully saturated rings. The van der Waals surface area contributed by atoms with Gasteiger partial charge in [-0.3, -0.25) is 4.79 Å². The zero-order valence-corrected chi connectivity index (χ0v) is 16.8. The summed E-state index contributed by atoms with van der Waals surface area (Å²) < 4.78 is 5.25. The highest BCUT2D eigenvalue weighted by Gasteiger charge is 2.24. The average Bonchev–Trinajstić information content (AvgIpc) is 2.66. The Hall–Kier alpha value is -2.90. The molecule has 150 valence electrons. The first kappa shape index (κ1) is 19.9. The molecule has 3 rings (SSSR count). The summed E-state index contributed by atoms with van der Waals surface area (Å²) >= 11 is 0. The number of amides is 1. The quantitative estimate of drug-likeness (QED) is 0.839. The molecule has 0 aliphatic carbocycles. The second-order valence-corrected chi connectivity index (χ2v) is 7.40. The van der Waals surface area contributed by atoms with Crippen LogP contribution in [0.25, 0.3) is 11.4 Å². The van der Waals surface area contributed by atoms with Crippen LogP contribution in [-0.4, -0.2) is 51.2 Å². The maximum absolute atomic E-state index is 12.0. The van der Waals surface area contributed by atoms with Crippen LogP contribution >= 0.6 is 0 Å². The number of pyridine rings is 1. The molecule has 1 aliphatic rings. The fourth-order valence-electron chi connectivity index (χ4n) is 3.09. The molecular formula is C20H27N5O3. The van der Waals surface area contributed by atoms with E-state index in [1.165, 1.54) is 0 Å². The number of aromatic nitrogens is 3. The van der Waals surface area contributed by atoms with Crippen molar-refractivity contribution in [3.63, 3.8) is 0 Å². The first-order valence-electron chi connectivity index (χ1n) is 9.59. The minimum Gasteiger partial charge on any atom is -0.447 e. The van der Waals surface area contributed by atoms with Crippen molar-refractivity contribution in [2.45, 2.75) is 52.7 Å². The number of likely N-dealkylation sites (tertiary alicyclic amines) is 1. The van der Waals surface area contributed by atoms with Crippen LogP contribution in [0.5, 0.6) is 0 Å². The molecule has 0 spiro atoms. The van der Waals surface area contributed by atoms with Gasteiger partial charge in [0, 0.05) is 42.1 Å². The van der Waals surface area contributed by atoms with Crippen LogP contribution in [0.2, 0.25) is 0 Å². The van der Waals surface area contributed by atoms with E-state index in [2.05, 4.69) is 20.3 Å². The van der Waals surface area contributed by atoms with E-state index < -0.39 is 0 Å². The zero-order valence-electron chi connectivity index (χ0n) is 16.8. The average molecular weight is 385 g/mol. The molecule has 1 aliphatic heterocycles. The van der Waals surface area contributed by atoms with Crippen LogP contribution < -0.4 is 10.9 Å². The highest BCUT2D eigenvalue weighted by molar-refractivity contribution is 5.68. The van der Waals surface area contributed by atoms with Gasteiger partial charge in [0.05, 0.1) is 6.10 Å². The SMILES string of the molecule is Cc1nc(-c2ccc(NC3CCN(C(=O)OC(C)C)CC3)nc2)[nH]c(=O)c1C. The molecule has 0 bridgehead atoms. The van der Waals surface area contributed by atoms with Crippen molar-refractivity contribution in [2.24, 2.45) is 0 Å². The van der Waals surface area contributed by atoms with Gasteiger partial charge in [0.15, 0.2) is 0 Å². The summed E-state index contributed by atoms with van der Waals surface area (Å²) in [4.78, 5) is 37.3. The Kier molecular flexibility index (Phi) is 5.96. The molecule has 8 heteroatoms. The second kappa shape index (κ2) is 8.41. The lowest BCUT2D eigenvalue weighted by Crippen LogP contribution is -2.43. The number of H-pyrrole nitrogens is 1. The van der Waals surface area contributed by atoms with E-state index in [9.17, 15) is 9.59 Å². The van der Waals surface area contributed by atoms with Crippen LogP contribution in [0.15, 0.2) is 23.1 Å². The maximum atomic E-state index is 12.0. The van der Waals surface area contributed by atoms with E-state index in [4.69, 9.17) is 4.74 Å². The third-order valence-corrected chi connectivity index (χ3v) is 4.87. The van der Waals surface area contributed by atoms with Gasteiger partial charge in [-0.1, -0.05) is 0 Å². The van der Waals surface area contributed by atoms with Crippen LogP contribution in [-0.2, 0) is 4.74 Å². The van der Waals surface area contributed by atoms with E-state index in [1.807, 2.05) is 32.9 Å². The summed E-state index contributed by atoms with van der Waals surface area (Å²) in [7, 11) is 0. The largest absolute Gasteiger partial charge is 0.447 e. The van der Waals surface area contributed by atoms with E-state index in [-0.39, 0.29) is 23.8 Å². The number of carbonyl (C=O) groups is 1. The Morgan fingerprint density at radius 1 is 1.29 bits per heavy atom. The maximum Gasteiger partial charge on any atom is 0.410 e. The van der Waals surface area contributed by atoms with Gasteiger partial charge in [-0.25, -0.2) is 14.8 Å². The van der Waals surface area contributed by atoms with E-state index in [1.54, 1.807) is 18.0 Å². The van der Waals surface area contributed by atoms with Gasteiger partial charge in [-0.15, -0.1) is 0 Å². The van der Waals surface area contributed by atoms with Crippen molar-refractivity contribution in [2.75, 3.05) is 18.4 Å². The molecule has 0 atom stereocenters. The van der Waals surface area contributed by atoms with Gasteiger partial charge in [0.25, 0.3) is 5.56 Å². The van der Waals surface area contributed by atoms with Gasteiger partial charge in [0.2, 0.25) is 0 Å². The predicted molar refractivity (Wildman–Crippen MR) is 107 cm³/mol. The Bertz CT molecular complexity index is 884. The monoisotopic (exact) mass is 385 g/mol. The molecule has 2 N–H and O–H groups in total. The molecular weight excluding hydrogens is 358 g/mol. The molecule has 2 aromatic rings. The second-order valence-electron chi connectivity index (χ2n) is 7.40. The van der Waals surface area contributed by atoms with Crippen molar-refractivity contribution in [1.29, 1.82) is 0 Å². The predicted octanol–water partition coefficient (Wildman–Crippen LogP) is 2.87. The minimum absolute atomic E-state index is 0.104. The number of piperidine rings is 1. The van der Waals surface area contributed by atoms with E-state index in [0.29, 0.717) is 30.2 Å². The normalized spacial score (nSPS) is 15.0. The van der Waals surface area contributed by atoms with Crippen molar-refractivity contribution < 1.29 is 9.53 Å². The summed E-state index contributed by atoms with van der Waals surface area (Å²) in [6.45, 7) is 8.60. The van der Waals surface area contributed by atoms with Gasteiger partial charge in [-0.05, 0) is 52.7 Å². The van der Waals surface area contributed by atoms with Crippen molar-refractivity contribution in [1.82, 2.24) is 19.9 Å². The highest BCUT2D eigenvalue weighted by atomic mass is 16.6. The third-order valence-electron chi connectivity index (χ3n) is 4.87. The number of hydrogen-bond acceptors (Lipinski definition) is 6. The first-order valence-corrected chi connectivity index (χ1v) is 9.59. The number of ether oxygens (including phenoxy) is 1. The highest BCUT2D eigenvalue weighted by Crippen LogP contribution is 2.19. The Balaban J connectivity index is 1.58. The molecule has 1 saturated heterocycles. The lowest BCUT2D eigenvalue weighted by atomic mass is 10.1. The first-order chi connectivity index (χ1) is 13.3. The molecule has 8 nitrogen and oxygen atoms in total. The zero-order chi connectivity index (χ0) is 20.3. The number of anilines is 1. The summed E-state index contributed by atoms with van der Waals surface area (Å²) in [5.41, 5.74) is 1.96. The number of nitrogens with zero attached hydrogens (tertiary/aromatic N) is 3. The van der Waals surface area contributed by atoms with Crippen LogP contribution in [0, 0.1) is 13.8 Å². The lowest BCUT2D eigenvalue weighted by Gasteiger charge is -2.32. The Morgan fingerprint density at radius 2 is 2.00 bits per heavy atom. The molecule has 2 aromatic heterocycles. The van der Waals surface area contributed by atoms with Gasteiger partial charge in [-0.2, -0.15) is 0 Å². The molecule has 3 heterocycles. The summed E-state index contributed by atoms with van der Waals surface area (Å²) in [5.74, 6) is 1.28. The fraction of sp³-hybridized carbons (Fsp3) is 0.500. The summed E-state index contributed by atoms with van der Waals surface area (Å²) in [6, 6.07) is 4.02. The van der Waals surface area contributed by atoms with E-state index in [0.717, 1.165) is 24.2 Å². The Labute approximate surface area is 164 Å². The number of carbonyl (C=O) groups excluding carboxylic acids is 1. The smallest absolute Gasteiger partial charge is 0.410 e. The number of rotatable bonds is 4. The fourth-order valence-corrected chi connectivity index (χ4v) is 3.09. The van der Waals surface area contributed by atoms with Crippen LogP contribution in [0.1, 0.15) is 37.9 Å². The van der Waals surface area contributed by atoms with Crippen LogP contribution in [0.4, 0.5) is 10.6 Å². The summed E-state index contributed by atoms with van der Waals surface area (Å²) in [5, 5.41) is 3.41. The van der Waals surface area contributed by atoms with Crippen molar-refractivity contribution >= 4 is 11.9 Å². The molecule has 0 unspecified atom stereocenters. The molecule has 28 heavy (non-hydrogen) atoms. The minimum atomic E-state index is -0.245. The third kappa shape index (κ3) is 4.68. The van der Waals surface area contributed by atoms with Crippen LogP contribution in [0.3, 0.4) is 0 Å². The van der Waals surface area contributed by atoms with Gasteiger partial charge >= 0.3 is 6.09 Å². The number of aromatic amines is 1. The molecule has 0 radical (unpaired) electrons. The Morgan fingerprint density at radius 3 is 2.57 bits per heavy atom. The van der Waals surface area contributed by atoms with Crippen molar-refractivity contribution in [3.05, 3.63) is 39.9 Å². The van der Waals surface area contributed by atoms with Gasteiger partial charge in [0.1, 0.15) is 11.6 Å². The van der Waals surface area contributed by atoms with E-state index >= 15 is 0 Å². The summed E-state index contributed by atoms with van der Waals surface area (Å²) in [6.07, 6.45) is 3.02. The standard InChI is InChI=1S/C20H27N5O3/c1-12(2)28-20(27)25-9-7-16(8-10-25)23-17-6-5-15(11-21-17)18-22-14(4)13(3)19(26)24-18/h5-6,11-12,16H,7-10H2,1-4H3,(H,21,23)(H,22,24,26). The molecule has 0 aromatic carbocycles.